The van der Waals surface area contributed by atoms with Crippen LogP contribution in [0.3, 0.4) is 0 Å². The number of pyridine rings is 1. The molecule has 0 saturated carbocycles. The van der Waals surface area contributed by atoms with Crippen LogP contribution in [0.25, 0.3) is 60.1 Å². The first kappa shape index (κ1) is 16.8. The van der Waals surface area contributed by atoms with E-state index in [9.17, 15) is 0 Å². The summed E-state index contributed by atoms with van der Waals surface area (Å²) >= 11 is 0. The zero-order valence-corrected chi connectivity index (χ0v) is 17.5. The molecule has 2 heterocycles. The molecule has 2 aromatic heterocycles. The monoisotopic (exact) mass is 396 g/mol. The average molecular weight is 396 g/mol. The molecule has 5 aromatic carbocycles. The summed E-state index contributed by atoms with van der Waals surface area (Å²) in [7, 11) is 0. The summed E-state index contributed by atoms with van der Waals surface area (Å²) < 4.78 is 2.33. The number of imidazole rings is 1. The largest absolute Gasteiger partial charge is 0.298 e. The lowest BCUT2D eigenvalue weighted by Crippen LogP contribution is -1.94. The zero-order valence-electron chi connectivity index (χ0n) is 17.5. The molecule has 0 aliphatic carbocycles. The van der Waals surface area contributed by atoms with Crippen molar-refractivity contribution in [1.82, 2.24) is 9.38 Å². The Bertz CT molecular complexity index is 1780. The van der Waals surface area contributed by atoms with Gasteiger partial charge < -0.3 is 0 Å². The van der Waals surface area contributed by atoms with E-state index >= 15 is 0 Å². The molecule has 0 radical (unpaired) electrons. The molecule has 0 atom stereocenters. The molecule has 146 valence electrons. The number of rotatable bonds is 1. The van der Waals surface area contributed by atoms with Gasteiger partial charge in [0.15, 0.2) is 0 Å². The standard InChI is InChI=1S/C29H20N2/c1-17-7-5-8-18(2)25(17)24-16-31-28-22-11-4-3-9-20(22)15-21-14-13-19-10-6-12-23(29(31)30-24)26(19)27(21)28/h3-16H,1-2H3. The maximum Gasteiger partial charge on any atom is 0.145 e. The van der Waals surface area contributed by atoms with Crippen molar-refractivity contribution in [3.05, 3.63) is 96.2 Å². The molecule has 0 unspecified atom stereocenters. The fraction of sp³-hybridized carbons (Fsp3) is 0.0690. The van der Waals surface area contributed by atoms with Crippen LogP contribution in [0.5, 0.6) is 0 Å². The van der Waals surface area contributed by atoms with Gasteiger partial charge in [-0.25, -0.2) is 4.98 Å². The van der Waals surface area contributed by atoms with Crippen molar-refractivity contribution in [3.63, 3.8) is 0 Å². The van der Waals surface area contributed by atoms with Crippen molar-refractivity contribution in [2.45, 2.75) is 13.8 Å². The number of fused-ring (bicyclic) bond motifs is 5. The normalized spacial score (nSPS) is 12.2. The van der Waals surface area contributed by atoms with Crippen molar-refractivity contribution in [2.75, 3.05) is 0 Å². The summed E-state index contributed by atoms with van der Waals surface area (Å²) in [5.74, 6) is 0. The summed E-state index contributed by atoms with van der Waals surface area (Å²) in [4.78, 5) is 5.22. The molecule has 0 fully saturated rings. The summed E-state index contributed by atoms with van der Waals surface area (Å²) in [6.45, 7) is 4.35. The highest BCUT2D eigenvalue weighted by molar-refractivity contribution is 6.30. The lowest BCUT2D eigenvalue weighted by Gasteiger charge is -2.15. The molecule has 0 amide bonds. The molecule has 0 saturated heterocycles. The van der Waals surface area contributed by atoms with E-state index < -0.39 is 0 Å². The van der Waals surface area contributed by atoms with E-state index in [-0.39, 0.29) is 0 Å². The molecule has 7 rings (SSSR count). The van der Waals surface area contributed by atoms with Crippen LogP contribution in [0.4, 0.5) is 0 Å². The quantitative estimate of drug-likeness (QED) is 0.206. The Labute approximate surface area is 179 Å². The number of aryl methyl sites for hydroxylation is 2. The first-order valence-electron chi connectivity index (χ1n) is 10.7. The molecule has 7 aromatic rings. The maximum absolute atomic E-state index is 5.22. The minimum Gasteiger partial charge on any atom is -0.298 e. The van der Waals surface area contributed by atoms with Crippen LogP contribution in [-0.2, 0) is 0 Å². The maximum atomic E-state index is 5.22. The highest BCUT2D eigenvalue weighted by atomic mass is 15.0. The minimum atomic E-state index is 1.03. The predicted octanol–water partition coefficient (Wildman–Crippen LogP) is 7.67. The SMILES string of the molecule is Cc1cccc(C)c1-c1cn2c(n1)c1cccc3ccc4cc5ccccc5c2c4c31. The van der Waals surface area contributed by atoms with Crippen molar-refractivity contribution in [3.8, 4) is 11.3 Å². The second-order valence-electron chi connectivity index (χ2n) is 8.60. The fourth-order valence-corrected chi connectivity index (χ4v) is 5.43. The van der Waals surface area contributed by atoms with E-state index in [4.69, 9.17) is 4.98 Å². The van der Waals surface area contributed by atoms with Crippen LogP contribution in [0.1, 0.15) is 11.1 Å². The molecule has 0 spiro atoms. The van der Waals surface area contributed by atoms with Crippen LogP contribution in [0.2, 0.25) is 0 Å². The van der Waals surface area contributed by atoms with Crippen LogP contribution in [0.15, 0.2) is 85.1 Å². The summed E-state index contributed by atoms with van der Waals surface area (Å²) in [5.41, 5.74) is 7.06. The highest BCUT2D eigenvalue weighted by Crippen LogP contribution is 2.41. The van der Waals surface area contributed by atoms with Crippen molar-refractivity contribution >= 4 is 48.9 Å². The van der Waals surface area contributed by atoms with Gasteiger partial charge in [-0.3, -0.25) is 4.40 Å². The molecule has 0 N–H and O–H groups in total. The second-order valence-corrected chi connectivity index (χ2v) is 8.60. The Morgan fingerprint density at radius 2 is 1.35 bits per heavy atom. The van der Waals surface area contributed by atoms with E-state index in [1.54, 1.807) is 0 Å². The van der Waals surface area contributed by atoms with Gasteiger partial charge in [0.2, 0.25) is 0 Å². The molecule has 0 aliphatic heterocycles. The number of benzene rings is 5. The molecule has 0 aliphatic rings. The van der Waals surface area contributed by atoms with Crippen LogP contribution < -0.4 is 0 Å². The van der Waals surface area contributed by atoms with Gasteiger partial charge in [-0.1, -0.05) is 72.8 Å². The van der Waals surface area contributed by atoms with Gasteiger partial charge >= 0.3 is 0 Å². The molecule has 0 bridgehead atoms. The number of aromatic nitrogens is 2. The lowest BCUT2D eigenvalue weighted by atomic mass is 9.94. The topological polar surface area (TPSA) is 17.3 Å². The van der Waals surface area contributed by atoms with E-state index in [1.807, 2.05) is 0 Å². The Morgan fingerprint density at radius 3 is 2.23 bits per heavy atom. The number of hydrogen-bond donors (Lipinski definition) is 0. The lowest BCUT2D eigenvalue weighted by molar-refractivity contribution is 1.28. The van der Waals surface area contributed by atoms with Crippen LogP contribution >= 0.6 is 0 Å². The first-order chi connectivity index (χ1) is 15.2. The van der Waals surface area contributed by atoms with Gasteiger partial charge in [-0.15, -0.1) is 0 Å². The Morgan fingerprint density at radius 1 is 0.645 bits per heavy atom. The second kappa shape index (κ2) is 5.83. The van der Waals surface area contributed by atoms with Crippen LogP contribution in [-0.4, -0.2) is 9.38 Å². The van der Waals surface area contributed by atoms with E-state index in [0.29, 0.717) is 0 Å². The van der Waals surface area contributed by atoms with Gasteiger partial charge in [0.05, 0.1) is 11.2 Å². The molecule has 2 nitrogen and oxygen atoms in total. The predicted molar refractivity (Wildman–Crippen MR) is 131 cm³/mol. The average Bonchev–Trinajstić information content (AvgIpc) is 3.22. The fourth-order valence-electron chi connectivity index (χ4n) is 5.43. The summed E-state index contributed by atoms with van der Waals surface area (Å²) in [6.07, 6.45) is 2.24. The van der Waals surface area contributed by atoms with Gasteiger partial charge in [0.25, 0.3) is 0 Å². The number of hydrogen-bond acceptors (Lipinski definition) is 1. The summed E-state index contributed by atoms with van der Waals surface area (Å²) in [5, 5.41) is 8.92. The van der Waals surface area contributed by atoms with Crippen molar-refractivity contribution in [1.29, 1.82) is 0 Å². The van der Waals surface area contributed by atoms with Gasteiger partial charge in [0.1, 0.15) is 5.65 Å². The zero-order chi connectivity index (χ0) is 20.7. The number of nitrogens with zero attached hydrogens (tertiary/aromatic N) is 2. The van der Waals surface area contributed by atoms with E-state index in [0.717, 1.165) is 11.3 Å². The Balaban J connectivity index is 1.80. The summed E-state index contributed by atoms with van der Waals surface area (Å²) in [6, 6.07) is 28.5. The molecule has 2 heteroatoms. The van der Waals surface area contributed by atoms with Gasteiger partial charge in [-0.05, 0) is 47.2 Å². The third-order valence-electron chi connectivity index (χ3n) is 6.77. The van der Waals surface area contributed by atoms with E-state index in [1.165, 1.54) is 59.9 Å². The minimum absolute atomic E-state index is 1.03. The van der Waals surface area contributed by atoms with Gasteiger partial charge in [-0.2, -0.15) is 0 Å². The molecular formula is C29H20N2. The van der Waals surface area contributed by atoms with Gasteiger partial charge in [0, 0.05) is 33.3 Å². The smallest absolute Gasteiger partial charge is 0.145 e. The molecule has 31 heavy (non-hydrogen) atoms. The van der Waals surface area contributed by atoms with E-state index in [2.05, 4.69) is 103 Å². The molecular weight excluding hydrogens is 376 g/mol. The highest BCUT2D eigenvalue weighted by Gasteiger charge is 2.19. The van der Waals surface area contributed by atoms with Crippen molar-refractivity contribution < 1.29 is 0 Å². The van der Waals surface area contributed by atoms with Crippen LogP contribution in [0, 0.1) is 13.8 Å². The first-order valence-corrected chi connectivity index (χ1v) is 10.7. The Hall–Kier alpha value is -3.91. The van der Waals surface area contributed by atoms with Crippen molar-refractivity contribution in [2.24, 2.45) is 0 Å². The Kier molecular flexibility index (Phi) is 3.17. The third-order valence-corrected chi connectivity index (χ3v) is 6.77. The third kappa shape index (κ3) is 2.14.